The zero-order chi connectivity index (χ0) is 33.5. The van der Waals surface area contributed by atoms with E-state index in [0.717, 1.165) is 49.8 Å². The highest BCUT2D eigenvalue weighted by Crippen LogP contribution is 2.33. The van der Waals surface area contributed by atoms with E-state index in [0.29, 0.717) is 21.7 Å². The lowest BCUT2D eigenvalue weighted by atomic mass is 9.95. The summed E-state index contributed by atoms with van der Waals surface area (Å²) in [5, 5.41) is 3.07. The second-order valence-corrected chi connectivity index (χ2v) is 13.4. The van der Waals surface area contributed by atoms with E-state index in [1.54, 1.807) is 50.2 Å². The van der Waals surface area contributed by atoms with Crippen molar-refractivity contribution in [2.24, 2.45) is 0 Å². The Labute approximate surface area is 268 Å². The zero-order valence-corrected chi connectivity index (χ0v) is 27.0. The molecule has 248 valence electrons. The number of benzene rings is 3. The number of carbonyl (C=O) groups excluding carboxylic acids is 2. The number of ether oxygens (including phenoxy) is 1. The summed E-state index contributed by atoms with van der Waals surface area (Å²) in [6.07, 6.45) is 0.178. The van der Waals surface area contributed by atoms with Crippen LogP contribution in [0.15, 0.2) is 77.7 Å². The quantitative estimate of drug-likeness (QED) is 0.240. The standard InChI is InChI=1S/C34H40F3N3O5S/c1-4-31(33(42)38-27-12-6-5-7-13-27)39(22-25-10-8-15-29(20-25)45-3)32(41)23-40(28-14-9-11-26(21-28)34(35,36)37)46(43,44)30-18-16-24(2)17-19-30/h8-11,14-21,27,31H,4-7,12-13,22-23H2,1-3H3,(H,38,42). The minimum atomic E-state index is -4.75. The Kier molecular flexibility index (Phi) is 11.4. The largest absolute Gasteiger partial charge is 0.497 e. The molecule has 1 N–H and O–H groups in total. The van der Waals surface area contributed by atoms with Gasteiger partial charge in [-0.25, -0.2) is 8.42 Å². The van der Waals surface area contributed by atoms with Gasteiger partial charge in [0.05, 0.1) is 23.3 Å². The van der Waals surface area contributed by atoms with Gasteiger partial charge in [-0.15, -0.1) is 0 Å². The number of nitrogens with zero attached hydrogens (tertiary/aromatic N) is 2. The van der Waals surface area contributed by atoms with E-state index in [-0.39, 0.29) is 35.5 Å². The second-order valence-electron chi connectivity index (χ2n) is 11.5. The van der Waals surface area contributed by atoms with Gasteiger partial charge in [0, 0.05) is 12.6 Å². The summed E-state index contributed by atoms with van der Waals surface area (Å²) in [5.74, 6) is -0.587. The highest BCUT2D eigenvalue weighted by Gasteiger charge is 2.36. The van der Waals surface area contributed by atoms with Crippen LogP contribution >= 0.6 is 0 Å². The molecule has 0 saturated heterocycles. The lowest BCUT2D eigenvalue weighted by molar-refractivity contribution is -0.140. The number of aryl methyl sites for hydroxylation is 1. The fraction of sp³-hybridized carbons (Fsp3) is 0.412. The number of carbonyl (C=O) groups is 2. The Bertz CT molecular complexity index is 1610. The molecule has 46 heavy (non-hydrogen) atoms. The predicted octanol–water partition coefficient (Wildman–Crippen LogP) is 6.47. The van der Waals surface area contributed by atoms with Crippen molar-refractivity contribution in [1.29, 1.82) is 0 Å². The summed E-state index contributed by atoms with van der Waals surface area (Å²) in [7, 11) is -3.03. The third kappa shape index (κ3) is 8.60. The van der Waals surface area contributed by atoms with E-state index >= 15 is 0 Å². The van der Waals surface area contributed by atoms with E-state index in [1.165, 1.54) is 30.2 Å². The molecule has 0 aliphatic heterocycles. The Hall–Kier alpha value is -4.06. The van der Waals surface area contributed by atoms with E-state index in [1.807, 2.05) is 0 Å². The lowest BCUT2D eigenvalue weighted by Gasteiger charge is -2.34. The number of halogens is 3. The number of nitrogens with one attached hydrogen (secondary N) is 1. The van der Waals surface area contributed by atoms with Crippen molar-refractivity contribution in [3.63, 3.8) is 0 Å². The third-order valence-corrected chi connectivity index (χ3v) is 9.96. The number of sulfonamides is 1. The molecule has 8 nitrogen and oxygen atoms in total. The van der Waals surface area contributed by atoms with Crippen LogP contribution in [0, 0.1) is 6.92 Å². The number of amides is 2. The van der Waals surface area contributed by atoms with Gasteiger partial charge in [0.2, 0.25) is 11.8 Å². The summed E-state index contributed by atoms with van der Waals surface area (Å²) >= 11 is 0. The van der Waals surface area contributed by atoms with Gasteiger partial charge in [-0.2, -0.15) is 13.2 Å². The molecule has 1 atom stereocenters. The van der Waals surface area contributed by atoms with Gasteiger partial charge in [0.15, 0.2) is 0 Å². The van der Waals surface area contributed by atoms with Gasteiger partial charge in [-0.1, -0.05) is 62.1 Å². The molecule has 2 amide bonds. The van der Waals surface area contributed by atoms with Gasteiger partial charge in [0.25, 0.3) is 10.0 Å². The number of hydrogen-bond acceptors (Lipinski definition) is 5. The van der Waals surface area contributed by atoms with Crippen LogP contribution in [0.25, 0.3) is 0 Å². The minimum absolute atomic E-state index is 0.0346. The predicted molar refractivity (Wildman–Crippen MR) is 170 cm³/mol. The molecule has 3 aromatic rings. The van der Waals surface area contributed by atoms with E-state index < -0.39 is 40.3 Å². The average Bonchev–Trinajstić information content (AvgIpc) is 3.03. The van der Waals surface area contributed by atoms with Crippen LogP contribution < -0.4 is 14.4 Å². The SMILES string of the molecule is CCC(C(=O)NC1CCCCC1)N(Cc1cccc(OC)c1)C(=O)CN(c1cccc(C(F)(F)F)c1)S(=O)(=O)c1ccc(C)cc1. The molecule has 0 spiro atoms. The summed E-state index contributed by atoms with van der Waals surface area (Å²) in [5.41, 5.74) is 0.0152. The molecule has 0 aromatic heterocycles. The Morgan fingerprint density at radius 3 is 2.28 bits per heavy atom. The number of alkyl halides is 3. The molecule has 12 heteroatoms. The van der Waals surface area contributed by atoms with Crippen molar-refractivity contribution in [2.75, 3.05) is 18.0 Å². The molecule has 1 aliphatic rings. The van der Waals surface area contributed by atoms with E-state index in [4.69, 9.17) is 4.74 Å². The maximum Gasteiger partial charge on any atom is 0.416 e. The van der Waals surface area contributed by atoms with Crippen LogP contribution in [0.3, 0.4) is 0 Å². The van der Waals surface area contributed by atoms with Gasteiger partial charge >= 0.3 is 6.18 Å². The van der Waals surface area contributed by atoms with Crippen molar-refractivity contribution in [1.82, 2.24) is 10.2 Å². The van der Waals surface area contributed by atoms with E-state index in [9.17, 15) is 31.2 Å². The Balaban J connectivity index is 1.76. The monoisotopic (exact) mass is 659 g/mol. The Morgan fingerprint density at radius 2 is 1.65 bits per heavy atom. The molecule has 0 heterocycles. The maximum absolute atomic E-state index is 14.3. The van der Waals surface area contributed by atoms with Crippen LogP contribution in [0.1, 0.15) is 62.1 Å². The molecule has 3 aromatic carbocycles. The van der Waals surface area contributed by atoms with Crippen molar-refractivity contribution in [3.05, 3.63) is 89.5 Å². The molecule has 4 rings (SSSR count). The number of rotatable bonds is 12. The van der Waals surface area contributed by atoms with Crippen LogP contribution in [-0.4, -0.2) is 50.9 Å². The summed E-state index contributed by atoms with van der Waals surface area (Å²) in [6.45, 7) is 2.62. The molecule has 0 bridgehead atoms. The first-order valence-electron chi connectivity index (χ1n) is 15.3. The minimum Gasteiger partial charge on any atom is -0.497 e. The topological polar surface area (TPSA) is 96.0 Å². The summed E-state index contributed by atoms with van der Waals surface area (Å²) in [6, 6.07) is 15.6. The Morgan fingerprint density at radius 1 is 0.978 bits per heavy atom. The average molecular weight is 660 g/mol. The molecular formula is C34H40F3N3O5S. The summed E-state index contributed by atoms with van der Waals surface area (Å²) < 4.78 is 75.2. The fourth-order valence-corrected chi connectivity index (χ4v) is 7.04. The van der Waals surface area contributed by atoms with Crippen molar-refractivity contribution >= 4 is 27.5 Å². The molecule has 1 unspecified atom stereocenters. The number of hydrogen-bond donors (Lipinski definition) is 1. The zero-order valence-electron chi connectivity index (χ0n) is 26.2. The number of methoxy groups -OCH3 is 1. The molecule has 1 fully saturated rings. The van der Waals surface area contributed by atoms with Crippen molar-refractivity contribution in [3.8, 4) is 5.75 Å². The van der Waals surface area contributed by atoms with Gasteiger partial charge < -0.3 is 15.0 Å². The van der Waals surface area contributed by atoms with E-state index in [2.05, 4.69) is 5.32 Å². The third-order valence-electron chi connectivity index (χ3n) is 8.17. The normalized spacial score (nSPS) is 14.7. The van der Waals surface area contributed by atoms with Gasteiger partial charge in [-0.05, 0) is 74.2 Å². The van der Waals surface area contributed by atoms with Crippen LogP contribution in [0.4, 0.5) is 18.9 Å². The van der Waals surface area contributed by atoms with Crippen LogP contribution in [-0.2, 0) is 32.3 Å². The highest BCUT2D eigenvalue weighted by atomic mass is 32.2. The van der Waals surface area contributed by atoms with Crippen LogP contribution in [0.5, 0.6) is 5.75 Å². The van der Waals surface area contributed by atoms with Gasteiger partial charge in [0.1, 0.15) is 18.3 Å². The highest BCUT2D eigenvalue weighted by molar-refractivity contribution is 7.92. The van der Waals surface area contributed by atoms with Crippen molar-refractivity contribution in [2.45, 2.75) is 82.1 Å². The van der Waals surface area contributed by atoms with Gasteiger partial charge in [-0.3, -0.25) is 13.9 Å². The van der Waals surface area contributed by atoms with Crippen LogP contribution in [0.2, 0.25) is 0 Å². The smallest absolute Gasteiger partial charge is 0.416 e. The second kappa shape index (κ2) is 15.0. The lowest BCUT2D eigenvalue weighted by Crippen LogP contribution is -2.54. The molecule has 1 aliphatic carbocycles. The first-order valence-corrected chi connectivity index (χ1v) is 16.8. The first kappa shape index (κ1) is 34.8. The molecule has 1 saturated carbocycles. The fourth-order valence-electron chi connectivity index (χ4n) is 5.63. The molecular weight excluding hydrogens is 619 g/mol. The van der Waals surface area contributed by atoms with Crippen molar-refractivity contribution < 1.29 is 35.9 Å². The summed E-state index contributed by atoms with van der Waals surface area (Å²) in [4.78, 5) is 29.1. The first-order chi connectivity index (χ1) is 21.8. The maximum atomic E-state index is 14.3. The molecule has 0 radical (unpaired) electrons. The number of anilines is 1.